The summed E-state index contributed by atoms with van der Waals surface area (Å²) in [6.07, 6.45) is 0.652. The van der Waals surface area contributed by atoms with Gasteiger partial charge in [-0.15, -0.1) is 0 Å². The molecule has 0 aliphatic rings. The van der Waals surface area contributed by atoms with Crippen molar-refractivity contribution < 1.29 is 14.6 Å². The van der Waals surface area contributed by atoms with Crippen LogP contribution >= 0.6 is 0 Å². The molecule has 0 saturated heterocycles. The predicted molar refractivity (Wildman–Crippen MR) is 86.0 cm³/mol. The molecular formula is C17H29NO3. The minimum Gasteiger partial charge on any atom is -0.497 e. The molecule has 1 aromatic carbocycles. The van der Waals surface area contributed by atoms with Crippen molar-refractivity contribution in [3.05, 3.63) is 23.8 Å². The minimum absolute atomic E-state index is 0.0231. The van der Waals surface area contributed by atoms with Crippen molar-refractivity contribution in [3.8, 4) is 11.5 Å². The number of ether oxygens (including phenoxy) is 2. The molecule has 21 heavy (non-hydrogen) atoms. The second kappa shape index (κ2) is 7.14. The van der Waals surface area contributed by atoms with Gasteiger partial charge in [0.05, 0.1) is 12.7 Å². The highest BCUT2D eigenvalue weighted by Crippen LogP contribution is 2.26. The Balaban J connectivity index is 2.86. The molecule has 0 aromatic heterocycles. The number of aliphatic hydroxyl groups is 1. The molecule has 2 N–H and O–H groups in total. The third-order valence-electron chi connectivity index (χ3n) is 3.38. The zero-order chi connectivity index (χ0) is 16.1. The van der Waals surface area contributed by atoms with E-state index in [9.17, 15) is 5.11 Å². The Labute approximate surface area is 128 Å². The van der Waals surface area contributed by atoms with Crippen molar-refractivity contribution in [1.29, 1.82) is 0 Å². The normalized spacial score (nSPS) is 14.6. The van der Waals surface area contributed by atoms with Gasteiger partial charge < -0.3 is 19.9 Å². The van der Waals surface area contributed by atoms with Crippen LogP contribution in [0.25, 0.3) is 0 Å². The van der Waals surface area contributed by atoms with Crippen molar-refractivity contribution in [2.75, 3.05) is 13.7 Å². The average molecular weight is 295 g/mol. The summed E-state index contributed by atoms with van der Waals surface area (Å²) in [6.45, 7) is 11.0. The zero-order valence-electron chi connectivity index (χ0n) is 14.1. The second-order valence-electron chi connectivity index (χ2n) is 6.72. The number of hydrogen-bond acceptors (Lipinski definition) is 4. The molecule has 0 saturated carbocycles. The van der Waals surface area contributed by atoms with Crippen LogP contribution in [0.4, 0.5) is 0 Å². The fraction of sp³-hybridized carbons (Fsp3) is 0.647. The van der Waals surface area contributed by atoms with Gasteiger partial charge in [0.1, 0.15) is 18.1 Å². The van der Waals surface area contributed by atoms with Crippen LogP contribution in [0.15, 0.2) is 18.2 Å². The van der Waals surface area contributed by atoms with Crippen LogP contribution in [0, 0.1) is 0 Å². The van der Waals surface area contributed by atoms with E-state index in [0.29, 0.717) is 13.0 Å². The van der Waals surface area contributed by atoms with E-state index in [4.69, 9.17) is 9.47 Å². The highest BCUT2D eigenvalue weighted by Gasteiger charge is 2.19. The van der Waals surface area contributed by atoms with Gasteiger partial charge in [0.15, 0.2) is 0 Å². The van der Waals surface area contributed by atoms with Crippen LogP contribution in [-0.4, -0.2) is 30.0 Å². The Morgan fingerprint density at radius 1 is 1.19 bits per heavy atom. The lowest BCUT2D eigenvalue weighted by molar-refractivity contribution is 0.00812. The lowest BCUT2D eigenvalue weighted by Crippen LogP contribution is -2.35. The van der Waals surface area contributed by atoms with Gasteiger partial charge >= 0.3 is 0 Å². The summed E-state index contributed by atoms with van der Waals surface area (Å²) < 4.78 is 11.1. The largest absolute Gasteiger partial charge is 0.497 e. The standard InChI is InChI=1S/C17H29NO3/c1-7-17(5,19)12-21-15-9-8-14(20-6)10-13(15)11-18-16(2,3)4/h8-10,18-19H,7,11-12H2,1-6H3. The van der Waals surface area contributed by atoms with E-state index in [0.717, 1.165) is 17.1 Å². The van der Waals surface area contributed by atoms with E-state index in [-0.39, 0.29) is 12.1 Å². The number of benzene rings is 1. The van der Waals surface area contributed by atoms with E-state index < -0.39 is 5.60 Å². The summed E-state index contributed by atoms with van der Waals surface area (Å²) >= 11 is 0. The molecule has 4 nitrogen and oxygen atoms in total. The van der Waals surface area contributed by atoms with Gasteiger partial charge in [0.2, 0.25) is 0 Å². The van der Waals surface area contributed by atoms with Crippen molar-refractivity contribution >= 4 is 0 Å². The summed E-state index contributed by atoms with van der Waals surface area (Å²) in [5, 5.41) is 13.5. The highest BCUT2D eigenvalue weighted by molar-refractivity contribution is 5.40. The number of methoxy groups -OCH3 is 1. The SMILES string of the molecule is CCC(C)(O)COc1ccc(OC)cc1CNC(C)(C)C. The lowest BCUT2D eigenvalue weighted by atomic mass is 10.1. The molecule has 120 valence electrons. The summed E-state index contributed by atoms with van der Waals surface area (Å²) in [7, 11) is 1.65. The predicted octanol–water partition coefficient (Wildman–Crippen LogP) is 3.12. The summed E-state index contributed by atoms with van der Waals surface area (Å²) in [4.78, 5) is 0. The number of nitrogens with one attached hydrogen (secondary N) is 1. The van der Waals surface area contributed by atoms with Gasteiger partial charge in [-0.05, 0) is 52.3 Å². The van der Waals surface area contributed by atoms with Crippen molar-refractivity contribution in [2.24, 2.45) is 0 Å². The van der Waals surface area contributed by atoms with E-state index in [1.165, 1.54) is 0 Å². The van der Waals surface area contributed by atoms with Gasteiger partial charge in [0, 0.05) is 17.6 Å². The van der Waals surface area contributed by atoms with Crippen LogP contribution in [0.3, 0.4) is 0 Å². The molecule has 1 rings (SSSR count). The first-order valence-electron chi connectivity index (χ1n) is 7.44. The monoisotopic (exact) mass is 295 g/mol. The Kier molecular flexibility index (Phi) is 6.05. The van der Waals surface area contributed by atoms with E-state index >= 15 is 0 Å². The maximum Gasteiger partial charge on any atom is 0.124 e. The highest BCUT2D eigenvalue weighted by atomic mass is 16.5. The lowest BCUT2D eigenvalue weighted by Gasteiger charge is -2.24. The Bertz CT molecular complexity index is 450. The third-order valence-corrected chi connectivity index (χ3v) is 3.38. The molecule has 0 aliphatic carbocycles. The van der Waals surface area contributed by atoms with Crippen LogP contribution in [0.1, 0.15) is 46.6 Å². The first kappa shape index (κ1) is 17.8. The average Bonchev–Trinajstić information content (AvgIpc) is 2.42. The van der Waals surface area contributed by atoms with Crippen molar-refractivity contribution in [3.63, 3.8) is 0 Å². The molecule has 0 spiro atoms. The van der Waals surface area contributed by atoms with Crippen LogP contribution in [0.2, 0.25) is 0 Å². The maximum atomic E-state index is 10.1. The first-order chi connectivity index (χ1) is 9.67. The van der Waals surface area contributed by atoms with Crippen LogP contribution in [0.5, 0.6) is 11.5 Å². The molecule has 0 amide bonds. The van der Waals surface area contributed by atoms with E-state index in [1.807, 2.05) is 25.1 Å². The van der Waals surface area contributed by atoms with Gasteiger partial charge in [0.25, 0.3) is 0 Å². The zero-order valence-corrected chi connectivity index (χ0v) is 14.1. The molecule has 4 heteroatoms. The molecule has 0 radical (unpaired) electrons. The molecule has 0 aliphatic heterocycles. The molecule has 1 atom stereocenters. The van der Waals surface area contributed by atoms with Crippen molar-refractivity contribution in [2.45, 2.75) is 58.7 Å². The van der Waals surface area contributed by atoms with Gasteiger partial charge in [-0.3, -0.25) is 0 Å². The van der Waals surface area contributed by atoms with Gasteiger partial charge in [-0.1, -0.05) is 6.92 Å². The van der Waals surface area contributed by atoms with Crippen LogP contribution < -0.4 is 14.8 Å². The summed E-state index contributed by atoms with van der Waals surface area (Å²) in [5.41, 5.74) is 0.236. The topological polar surface area (TPSA) is 50.7 Å². The van der Waals surface area contributed by atoms with E-state index in [2.05, 4.69) is 26.1 Å². The molecule has 1 unspecified atom stereocenters. The summed E-state index contributed by atoms with van der Waals surface area (Å²) in [6, 6.07) is 5.73. The fourth-order valence-corrected chi connectivity index (χ4v) is 1.66. The smallest absolute Gasteiger partial charge is 0.124 e. The van der Waals surface area contributed by atoms with Gasteiger partial charge in [-0.25, -0.2) is 0 Å². The minimum atomic E-state index is -0.811. The van der Waals surface area contributed by atoms with Crippen LogP contribution in [-0.2, 0) is 6.54 Å². The van der Waals surface area contributed by atoms with E-state index in [1.54, 1.807) is 14.0 Å². The Morgan fingerprint density at radius 3 is 2.38 bits per heavy atom. The number of rotatable bonds is 7. The maximum absolute atomic E-state index is 10.1. The second-order valence-corrected chi connectivity index (χ2v) is 6.72. The Hall–Kier alpha value is -1.26. The van der Waals surface area contributed by atoms with Gasteiger partial charge in [-0.2, -0.15) is 0 Å². The summed E-state index contributed by atoms with van der Waals surface area (Å²) in [5.74, 6) is 1.58. The van der Waals surface area contributed by atoms with Crippen molar-refractivity contribution in [1.82, 2.24) is 5.32 Å². The molecular weight excluding hydrogens is 266 g/mol. The first-order valence-corrected chi connectivity index (χ1v) is 7.44. The fourth-order valence-electron chi connectivity index (χ4n) is 1.66. The Morgan fingerprint density at radius 2 is 1.86 bits per heavy atom. The third kappa shape index (κ3) is 6.36. The molecule has 1 aromatic rings. The molecule has 0 bridgehead atoms. The quantitative estimate of drug-likeness (QED) is 0.811. The number of hydrogen-bond donors (Lipinski definition) is 2. The molecule has 0 fully saturated rings. The molecule has 0 heterocycles.